The summed E-state index contributed by atoms with van der Waals surface area (Å²) in [5.74, 6) is 1.68. The number of benzene rings is 2. The van der Waals surface area contributed by atoms with Gasteiger partial charge in [0.05, 0.1) is 12.6 Å². The molecule has 122 valence electrons. The van der Waals surface area contributed by atoms with E-state index < -0.39 is 0 Å². The van der Waals surface area contributed by atoms with Crippen molar-refractivity contribution < 1.29 is 19.0 Å². The molecule has 0 unspecified atom stereocenters. The summed E-state index contributed by atoms with van der Waals surface area (Å²) >= 11 is 0. The Morgan fingerprint density at radius 2 is 1.79 bits per heavy atom. The van der Waals surface area contributed by atoms with Crippen LogP contribution in [0.25, 0.3) is 0 Å². The highest BCUT2D eigenvalue weighted by molar-refractivity contribution is 5.81. The molecule has 0 N–H and O–H groups in total. The topological polar surface area (TPSA) is 48.0 Å². The van der Waals surface area contributed by atoms with Crippen LogP contribution in [0, 0.1) is 0 Å². The van der Waals surface area contributed by atoms with Gasteiger partial charge < -0.3 is 19.1 Å². The molecule has 3 heterocycles. The van der Waals surface area contributed by atoms with Gasteiger partial charge >= 0.3 is 0 Å². The quantitative estimate of drug-likeness (QED) is 0.853. The number of rotatable bonds is 2. The monoisotopic (exact) mass is 323 g/mol. The van der Waals surface area contributed by atoms with Gasteiger partial charge in [0, 0.05) is 12.3 Å². The minimum atomic E-state index is -0.205. The molecule has 3 aliphatic rings. The lowest BCUT2D eigenvalue weighted by molar-refractivity contribution is -0.131. The fourth-order valence-electron chi connectivity index (χ4n) is 3.91. The molecular weight excluding hydrogens is 306 g/mol. The number of carbonyl (C=O) groups is 1. The Bertz CT molecular complexity index is 791. The summed E-state index contributed by atoms with van der Waals surface area (Å²) < 4.78 is 16.9. The van der Waals surface area contributed by atoms with E-state index in [9.17, 15) is 4.79 Å². The van der Waals surface area contributed by atoms with Crippen molar-refractivity contribution in [2.45, 2.75) is 24.6 Å². The minimum absolute atomic E-state index is 0.00251. The number of ether oxygens (including phenoxy) is 3. The standard InChI is InChI=1S/C19H17NO4/c21-18-9-14(13-6-7-16-17(8-13)24-11-23-16)19-20(18)15(10-22-19)12-4-2-1-3-5-12/h1-8,14-15,19H,9-11H2/t14-,15-,19-/m1/s1. The van der Waals surface area contributed by atoms with E-state index in [2.05, 4.69) is 12.1 Å². The lowest BCUT2D eigenvalue weighted by Gasteiger charge is -2.23. The molecule has 5 rings (SSSR count). The first-order valence-corrected chi connectivity index (χ1v) is 8.18. The van der Waals surface area contributed by atoms with Gasteiger partial charge in [0.1, 0.15) is 6.23 Å². The number of fused-ring (bicyclic) bond motifs is 2. The Morgan fingerprint density at radius 3 is 2.67 bits per heavy atom. The first kappa shape index (κ1) is 13.9. The predicted molar refractivity (Wildman–Crippen MR) is 85.7 cm³/mol. The van der Waals surface area contributed by atoms with Gasteiger partial charge in [-0.3, -0.25) is 4.79 Å². The molecule has 3 atom stereocenters. The van der Waals surface area contributed by atoms with Crippen molar-refractivity contribution in [3.63, 3.8) is 0 Å². The SMILES string of the molecule is O=C1C[C@H](c2ccc3c(c2)OCO3)[C@H]2OC[C@H](c3ccccc3)N12. The van der Waals surface area contributed by atoms with E-state index in [1.165, 1.54) is 0 Å². The maximum Gasteiger partial charge on any atom is 0.231 e. The molecule has 2 aromatic carbocycles. The highest BCUT2D eigenvalue weighted by atomic mass is 16.7. The zero-order chi connectivity index (χ0) is 16.1. The average Bonchev–Trinajstić information content (AvgIpc) is 3.32. The van der Waals surface area contributed by atoms with Gasteiger partial charge in [-0.05, 0) is 23.3 Å². The summed E-state index contributed by atoms with van der Waals surface area (Å²) in [6, 6.07) is 16.0. The van der Waals surface area contributed by atoms with Gasteiger partial charge in [0.25, 0.3) is 0 Å². The Hall–Kier alpha value is -2.53. The predicted octanol–water partition coefficient (Wildman–Crippen LogP) is 2.83. The largest absolute Gasteiger partial charge is 0.454 e. The summed E-state index contributed by atoms with van der Waals surface area (Å²) in [5.41, 5.74) is 2.19. The number of nitrogens with zero attached hydrogens (tertiary/aromatic N) is 1. The van der Waals surface area contributed by atoms with E-state index in [-0.39, 0.29) is 30.9 Å². The van der Waals surface area contributed by atoms with E-state index in [0.29, 0.717) is 13.0 Å². The normalized spacial score (nSPS) is 27.6. The number of carbonyl (C=O) groups excluding carboxylic acids is 1. The van der Waals surface area contributed by atoms with Crippen LogP contribution in [0.15, 0.2) is 48.5 Å². The molecule has 0 radical (unpaired) electrons. The lowest BCUT2D eigenvalue weighted by atomic mass is 9.96. The molecular formula is C19H17NO4. The summed E-state index contributed by atoms with van der Waals surface area (Å²) in [5, 5.41) is 0. The molecule has 2 aromatic rings. The third-order valence-corrected chi connectivity index (χ3v) is 5.07. The van der Waals surface area contributed by atoms with Crippen LogP contribution in [0.1, 0.15) is 29.5 Å². The van der Waals surface area contributed by atoms with E-state index in [0.717, 1.165) is 22.6 Å². The molecule has 3 aliphatic heterocycles. The van der Waals surface area contributed by atoms with Crippen LogP contribution in [-0.2, 0) is 9.53 Å². The molecule has 5 heteroatoms. The summed E-state index contributed by atoms with van der Waals surface area (Å²) in [6.07, 6.45) is 0.260. The third-order valence-electron chi connectivity index (χ3n) is 5.07. The first-order valence-electron chi connectivity index (χ1n) is 8.18. The number of hydrogen-bond acceptors (Lipinski definition) is 4. The molecule has 2 saturated heterocycles. The second kappa shape index (κ2) is 5.24. The molecule has 2 fully saturated rings. The fraction of sp³-hybridized carbons (Fsp3) is 0.316. The van der Waals surface area contributed by atoms with Crippen molar-refractivity contribution in [1.82, 2.24) is 4.90 Å². The van der Waals surface area contributed by atoms with Crippen molar-refractivity contribution in [1.29, 1.82) is 0 Å². The van der Waals surface area contributed by atoms with Gasteiger partial charge in [0.15, 0.2) is 11.5 Å². The molecule has 5 nitrogen and oxygen atoms in total. The van der Waals surface area contributed by atoms with Crippen LogP contribution < -0.4 is 9.47 Å². The van der Waals surface area contributed by atoms with E-state index in [1.807, 2.05) is 41.3 Å². The smallest absolute Gasteiger partial charge is 0.231 e. The summed E-state index contributed by atoms with van der Waals surface area (Å²) in [6.45, 7) is 0.798. The average molecular weight is 323 g/mol. The molecule has 24 heavy (non-hydrogen) atoms. The maximum atomic E-state index is 12.6. The first-order chi connectivity index (χ1) is 11.8. The molecule has 0 saturated carbocycles. The van der Waals surface area contributed by atoms with Crippen LogP contribution in [0.5, 0.6) is 11.5 Å². The molecule has 1 amide bonds. The molecule has 0 aliphatic carbocycles. The fourth-order valence-corrected chi connectivity index (χ4v) is 3.91. The molecule has 0 aromatic heterocycles. The molecule has 0 bridgehead atoms. The third kappa shape index (κ3) is 2.01. The lowest BCUT2D eigenvalue weighted by Crippen LogP contribution is -2.31. The summed E-state index contributed by atoms with van der Waals surface area (Å²) in [7, 11) is 0. The zero-order valence-electron chi connectivity index (χ0n) is 13.1. The zero-order valence-corrected chi connectivity index (χ0v) is 13.1. The van der Waals surface area contributed by atoms with Crippen LogP contribution in [0.4, 0.5) is 0 Å². The van der Waals surface area contributed by atoms with Crippen molar-refractivity contribution in [2.75, 3.05) is 13.4 Å². The Labute approximate surface area is 139 Å². The van der Waals surface area contributed by atoms with Crippen molar-refractivity contribution >= 4 is 5.91 Å². The minimum Gasteiger partial charge on any atom is -0.454 e. The van der Waals surface area contributed by atoms with Gasteiger partial charge in [0.2, 0.25) is 12.7 Å². The Balaban J connectivity index is 1.46. The Kier molecular flexibility index (Phi) is 3.03. The van der Waals surface area contributed by atoms with Crippen LogP contribution in [0.2, 0.25) is 0 Å². The van der Waals surface area contributed by atoms with Crippen molar-refractivity contribution in [3.8, 4) is 11.5 Å². The van der Waals surface area contributed by atoms with Crippen molar-refractivity contribution in [2.24, 2.45) is 0 Å². The Morgan fingerprint density at radius 1 is 0.958 bits per heavy atom. The molecule has 0 spiro atoms. The van der Waals surface area contributed by atoms with Crippen LogP contribution >= 0.6 is 0 Å². The second-order valence-electron chi connectivity index (χ2n) is 6.37. The number of amides is 1. The highest BCUT2D eigenvalue weighted by Gasteiger charge is 2.49. The second-order valence-corrected chi connectivity index (χ2v) is 6.37. The maximum absolute atomic E-state index is 12.6. The van der Waals surface area contributed by atoms with E-state index in [1.54, 1.807) is 0 Å². The van der Waals surface area contributed by atoms with Gasteiger partial charge in [-0.2, -0.15) is 0 Å². The van der Waals surface area contributed by atoms with Gasteiger partial charge in [-0.1, -0.05) is 36.4 Å². The van der Waals surface area contributed by atoms with Gasteiger partial charge in [-0.15, -0.1) is 0 Å². The van der Waals surface area contributed by atoms with Gasteiger partial charge in [-0.25, -0.2) is 0 Å². The van der Waals surface area contributed by atoms with E-state index in [4.69, 9.17) is 14.2 Å². The number of hydrogen-bond donors (Lipinski definition) is 0. The van der Waals surface area contributed by atoms with Crippen molar-refractivity contribution in [3.05, 3.63) is 59.7 Å². The van der Waals surface area contributed by atoms with E-state index >= 15 is 0 Å². The summed E-state index contributed by atoms with van der Waals surface area (Å²) in [4.78, 5) is 14.6. The van der Waals surface area contributed by atoms with Crippen LogP contribution in [0.3, 0.4) is 0 Å². The van der Waals surface area contributed by atoms with Crippen LogP contribution in [-0.4, -0.2) is 30.4 Å². The highest BCUT2D eigenvalue weighted by Crippen LogP contribution is 2.46.